The van der Waals surface area contributed by atoms with Crippen LogP contribution in [0.4, 0.5) is 0 Å². The van der Waals surface area contributed by atoms with Crippen molar-refractivity contribution in [1.29, 1.82) is 0 Å². The Labute approximate surface area is 306 Å². The van der Waals surface area contributed by atoms with Crippen LogP contribution in [0.1, 0.15) is 226 Å². The Bertz CT molecular complexity index is 746. The van der Waals surface area contributed by atoms with Crippen molar-refractivity contribution in [2.75, 3.05) is 6.61 Å². The topological polar surface area (TPSA) is 69.6 Å². The van der Waals surface area contributed by atoms with Gasteiger partial charge in [-0.05, 0) is 44.9 Å². The van der Waals surface area contributed by atoms with Crippen LogP contribution in [0.15, 0.2) is 36.5 Å². The largest absolute Gasteiger partial charge is 0.394 e. The number of carbonyl (C=O) groups excluding carboxylic acids is 1. The zero-order chi connectivity index (χ0) is 35.7. The summed E-state index contributed by atoms with van der Waals surface area (Å²) in [4.78, 5) is 12.3. The molecule has 0 aromatic rings. The monoisotopic (exact) mass is 688 g/mol. The molecule has 0 radical (unpaired) electrons. The molecule has 0 bridgehead atoms. The molecule has 0 aliphatic carbocycles. The lowest BCUT2D eigenvalue weighted by molar-refractivity contribution is -0.123. The van der Waals surface area contributed by atoms with Gasteiger partial charge in [0.25, 0.3) is 0 Å². The highest BCUT2D eigenvalue weighted by Gasteiger charge is 2.17. The van der Waals surface area contributed by atoms with Crippen molar-refractivity contribution >= 4 is 5.91 Å². The van der Waals surface area contributed by atoms with Gasteiger partial charge in [0.15, 0.2) is 0 Å². The molecule has 1 amide bonds. The number of allylic oxidation sites excluding steroid dienone is 5. The summed E-state index contributed by atoms with van der Waals surface area (Å²) in [5.41, 5.74) is 0. The average molecular weight is 688 g/mol. The zero-order valence-corrected chi connectivity index (χ0v) is 33.0. The fourth-order valence-electron chi connectivity index (χ4n) is 6.50. The molecule has 288 valence electrons. The van der Waals surface area contributed by atoms with Crippen molar-refractivity contribution < 1.29 is 15.0 Å². The quantitative estimate of drug-likeness (QED) is 0.0445. The summed E-state index contributed by atoms with van der Waals surface area (Å²) >= 11 is 0. The molecular weight excluding hydrogens is 602 g/mol. The first-order chi connectivity index (χ1) is 24.2. The minimum Gasteiger partial charge on any atom is -0.394 e. The molecule has 0 spiro atoms. The van der Waals surface area contributed by atoms with Gasteiger partial charge in [-0.3, -0.25) is 4.79 Å². The number of rotatable bonds is 39. The van der Waals surface area contributed by atoms with E-state index in [0.717, 1.165) is 38.5 Å². The van der Waals surface area contributed by atoms with Crippen LogP contribution in [0, 0.1) is 0 Å². The van der Waals surface area contributed by atoms with E-state index in [9.17, 15) is 15.0 Å². The van der Waals surface area contributed by atoms with E-state index in [1.165, 1.54) is 167 Å². The van der Waals surface area contributed by atoms with Gasteiger partial charge in [0.05, 0.1) is 18.8 Å². The summed E-state index contributed by atoms with van der Waals surface area (Å²) in [5.74, 6) is -0.0771. The number of nitrogens with one attached hydrogen (secondary N) is 1. The first kappa shape index (κ1) is 47.6. The lowest BCUT2D eigenvalue weighted by atomic mass is 10.0. The first-order valence-electron chi connectivity index (χ1n) is 21.7. The summed E-state index contributed by atoms with van der Waals surface area (Å²) in [6.07, 6.45) is 54.0. The molecule has 2 atom stereocenters. The van der Waals surface area contributed by atoms with Crippen molar-refractivity contribution in [2.24, 2.45) is 0 Å². The fourth-order valence-corrected chi connectivity index (χ4v) is 6.50. The molecule has 2 unspecified atom stereocenters. The van der Waals surface area contributed by atoms with Gasteiger partial charge in [-0.25, -0.2) is 0 Å². The second-order valence-electron chi connectivity index (χ2n) is 14.8. The Morgan fingerprint density at radius 3 is 1.18 bits per heavy atom. The Morgan fingerprint density at radius 2 is 0.796 bits per heavy atom. The van der Waals surface area contributed by atoms with Gasteiger partial charge in [0.2, 0.25) is 5.91 Å². The molecule has 0 fully saturated rings. The number of hydrogen-bond donors (Lipinski definition) is 3. The Balaban J connectivity index is 3.63. The Hall–Kier alpha value is -1.39. The first-order valence-corrected chi connectivity index (χ1v) is 21.7. The van der Waals surface area contributed by atoms with E-state index in [1.54, 1.807) is 6.08 Å². The molecule has 0 aromatic heterocycles. The van der Waals surface area contributed by atoms with Gasteiger partial charge in [0.1, 0.15) is 0 Å². The van der Waals surface area contributed by atoms with Crippen molar-refractivity contribution in [2.45, 2.75) is 238 Å². The number of aliphatic hydroxyl groups excluding tert-OH is 2. The minimum absolute atomic E-state index is 0.0771. The molecule has 0 saturated heterocycles. The molecule has 0 rings (SSSR count). The van der Waals surface area contributed by atoms with E-state index in [0.29, 0.717) is 6.42 Å². The second kappa shape index (κ2) is 41.0. The summed E-state index contributed by atoms with van der Waals surface area (Å²) in [5, 5.41) is 23.0. The van der Waals surface area contributed by atoms with Gasteiger partial charge < -0.3 is 15.5 Å². The molecule has 0 heterocycles. The van der Waals surface area contributed by atoms with E-state index in [4.69, 9.17) is 0 Å². The predicted octanol–water partition coefficient (Wildman–Crippen LogP) is 13.4. The van der Waals surface area contributed by atoms with Crippen molar-refractivity contribution in [1.82, 2.24) is 5.32 Å². The maximum atomic E-state index is 12.3. The lowest BCUT2D eigenvalue weighted by Gasteiger charge is -2.19. The second-order valence-corrected chi connectivity index (χ2v) is 14.8. The fraction of sp³-hybridized carbons (Fsp3) is 0.844. The summed E-state index contributed by atoms with van der Waals surface area (Å²) in [7, 11) is 0. The third-order valence-electron chi connectivity index (χ3n) is 9.85. The highest BCUT2D eigenvalue weighted by atomic mass is 16.3. The van der Waals surface area contributed by atoms with Crippen LogP contribution < -0.4 is 5.32 Å². The van der Waals surface area contributed by atoms with Crippen LogP contribution in [0.25, 0.3) is 0 Å². The number of unbranched alkanes of at least 4 members (excludes halogenated alkanes) is 28. The molecule has 0 aliphatic rings. The molecule has 4 nitrogen and oxygen atoms in total. The zero-order valence-electron chi connectivity index (χ0n) is 33.0. The van der Waals surface area contributed by atoms with Crippen molar-refractivity contribution in [3.05, 3.63) is 36.5 Å². The van der Waals surface area contributed by atoms with Crippen LogP contribution >= 0.6 is 0 Å². The van der Waals surface area contributed by atoms with Crippen molar-refractivity contribution in [3.63, 3.8) is 0 Å². The van der Waals surface area contributed by atoms with Gasteiger partial charge >= 0.3 is 0 Å². The molecule has 3 N–H and O–H groups in total. The summed E-state index contributed by atoms with van der Waals surface area (Å²) in [6.45, 7) is 4.30. The SMILES string of the molecule is CCCCCCCCCCCCCCC/C=C/CC/C=C/CC/C=C/C(O)C(CO)NC(=O)CCCCCCCCCCCCCCCC. The average Bonchev–Trinajstić information content (AvgIpc) is 3.10. The van der Waals surface area contributed by atoms with E-state index in [1.807, 2.05) is 6.08 Å². The predicted molar refractivity (Wildman–Crippen MR) is 216 cm³/mol. The van der Waals surface area contributed by atoms with Gasteiger partial charge in [-0.15, -0.1) is 0 Å². The third-order valence-corrected chi connectivity index (χ3v) is 9.85. The van der Waals surface area contributed by atoms with Gasteiger partial charge in [-0.2, -0.15) is 0 Å². The maximum Gasteiger partial charge on any atom is 0.220 e. The highest BCUT2D eigenvalue weighted by Crippen LogP contribution is 2.15. The number of hydrogen-bond acceptors (Lipinski definition) is 3. The van der Waals surface area contributed by atoms with Crippen LogP contribution in [0.5, 0.6) is 0 Å². The normalized spacial score (nSPS) is 13.3. The van der Waals surface area contributed by atoms with Crippen molar-refractivity contribution in [3.8, 4) is 0 Å². The molecule has 49 heavy (non-hydrogen) atoms. The third kappa shape index (κ3) is 37.7. The highest BCUT2D eigenvalue weighted by molar-refractivity contribution is 5.76. The van der Waals surface area contributed by atoms with Gasteiger partial charge in [-0.1, -0.05) is 211 Å². The minimum atomic E-state index is -0.866. The summed E-state index contributed by atoms with van der Waals surface area (Å²) < 4.78 is 0. The number of amides is 1. The van der Waals surface area contributed by atoms with Crippen LogP contribution in [-0.4, -0.2) is 34.9 Å². The van der Waals surface area contributed by atoms with Crippen LogP contribution in [0.3, 0.4) is 0 Å². The standard InChI is InChI=1S/C45H85NO3/c1-3-5-7-9-11-13-15-17-19-20-21-22-23-24-25-26-27-28-30-32-34-36-38-40-44(48)43(42-47)46-45(49)41-39-37-35-33-31-29-18-16-14-12-10-8-6-4-2/h25-26,30,32,38,40,43-44,47-48H,3-24,27-29,31,33-37,39,41-42H2,1-2H3,(H,46,49)/b26-25+,32-30+,40-38+. The van der Waals surface area contributed by atoms with Crippen LogP contribution in [0.2, 0.25) is 0 Å². The Morgan fingerprint density at radius 1 is 0.469 bits per heavy atom. The molecule has 0 aromatic carbocycles. The number of aliphatic hydroxyl groups is 2. The van der Waals surface area contributed by atoms with E-state index in [2.05, 4.69) is 43.5 Å². The lowest BCUT2D eigenvalue weighted by Crippen LogP contribution is -2.45. The molecule has 4 heteroatoms. The molecular formula is C45H85NO3. The van der Waals surface area contributed by atoms with E-state index < -0.39 is 12.1 Å². The Kier molecular flexibility index (Phi) is 39.9. The molecule has 0 saturated carbocycles. The summed E-state index contributed by atoms with van der Waals surface area (Å²) in [6, 6.07) is -0.641. The smallest absolute Gasteiger partial charge is 0.220 e. The van der Waals surface area contributed by atoms with Gasteiger partial charge in [0, 0.05) is 6.42 Å². The maximum absolute atomic E-state index is 12.3. The van der Waals surface area contributed by atoms with Crippen LogP contribution in [-0.2, 0) is 4.79 Å². The van der Waals surface area contributed by atoms with E-state index in [-0.39, 0.29) is 12.5 Å². The molecule has 0 aliphatic heterocycles. The van der Waals surface area contributed by atoms with E-state index >= 15 is 0 Å². The number of carbonyl (C=O) groups is 1.